The Morgan fingerprint density at radius 3 is 2.21 bits per heavy atom. The molecule has 0 amide bonds. The van der Waals surface area contributed by atoms with E-state index in [1.807, 2.05) is 0 Å². The third-order valence-electron chi connectivity index (χ3n) is 1.90. The van der Waals surface area contributed by atoms with Gasteiger partial charge in [-0.3, -0.25) is 4.79 Å². The van der Waals surface area contributed by atoms with E-state index in [0.29, 0.717) is 6.42 Å². The molecule has 0 unspecified atom stereocenters. The first-order valence-electron chi connectivity index (χ1n) is 4.90. The number of rotatable bonds is 8. The van der Waals surface area contributed by atoms with Gasteiger partial charge in [-0.2, -0.15) is 0 Å². The van der Waals surface area contributed by atoms with Crippen LogP contribution >= 0.6 is 0 Å². The molecule has 0 saturated heterocycles. The van der Waals surface area contributed by atoms with E-state index in [2.05, 4.69) is 6.92 Å². The highest BCUT2D eigenvalue weighted by atomic mass is 32.2. The van der Waals surface area contributed by atoms with Gasteiger partial charge in [0.2, 0.25) is 0 Å². The van der Waals surface area contributed by atoms with Crippen LogP contribution in [0.15, 0.2) is 0 Å². The summed E-state index contributed by atoms with van der Waals surface area (Å²) in [5.74, 6) is -2.00. The molecule has 0 atom stereocenters. The molecule has 0 spiro atoms. The van der Waals surface area contributed by atoms with Crippen molar-refractivity contribution < 1.29 is 18.3 Å². The maximum absolute atomic E-state index is 11.1. The number of unbranched alkanes of at least 4 members (excludes halogenated alkanes) is 4. The summed E-state index contributed by atoms with van der Waals surface area (Å²) in [4.78, 5) is 10.2. The lowest BCUT2D eigenvalue weighted by atomic mass is 10.2. The minimum atomic E-state index is -3.37. The summed E-state index contributed by atoms with van der Waals surface area (Å²) < 4.78 is 22.2. The molecule has 0 aliphatic rings. The van der Waals surface area contributed by atoms with Crippen LogP contribution in [0.4, 0.5) is 0 Å². The second kappa shape index (κ2) is 6.81. The van der Waals surface area contributed by atoms with Crippen molar-refractivity contribution in [1.29, 1.82) is 0 Å². The van der Waals surface area contributed by atoms with Crippen molar-refractivity contribution >= 4 is 15.8 Å². The van der Waals surface area contributed by atoms with Gasteiger partial charge in [0, 0.05) is 0 Å². The predicted octanol–water partition coefficient (Wildman–Crippen LogP) is 1.46. The van der Waals surface area contributed by atoms with E-state index in [9.17, 15) is 13.2 Å². The number of aliphatic carboxylic acids is 1. The molecule has 0 rings (SSSR count). The van der Waals surface area contributed by atoms with Gasteiger partial charge in [0.05, 0.1) is 5.75 Å². The van der Waals surface area contributed by atoms with Gasteiger partial charge in [-0.05, 0) is 6.42 Å². The van der Waals surface area contributed by atoms with Crippen LogP contribution in [0.25, 0.3) is 0 Å². The van der Waals surface area contributed by atoms with Crippen molar-refractivity contribution in [3.8, 4) is 0 Å². The normalized spacial score (nSPS) is 11.5. The SMILES string of the molecule is CCCCCCCS(=O)(=O)CC(=O)O. The quantitative estimate of drug-likeness (QED) is 0.631. The molecule has 14 heavy (non-hydrogen) atoms. The van der Waals surface area contributed by atoms with E-state index in [4.69, 9.17) is 5.11 Å². The first-order chi connectivity index (χ1) is 6.48. The molecule has 0 saturated carbocycles. The molecule has 0 aliphatic carbocycles. The van der Waals surface area contributed by atoms with Gasteiger partial charge < -0.3 is 5.11 Å². The summed E-state index contributed by atoms with van der Waals surface area (Å²) >= 11 is 0. The van der Waals surface area contributed by atoms with Gasteiger partial charge in [-0.25, -0.2) is 8.42 Å². The van der Waals surface area contributed by atoms with E-state index in [-0.39, 0.29) is 5.75 Å². The van der Waals surface area contributed by atoms with Crippen LogP contribution in [0.5, 0.6) is 0 Å². The Hall–Kier alpha value is -0.580. The van der Waals surface area contributed by atoms with Crippen molar-refractivity contribution in [2.45, 2.75) is 39.0 Å². The summed E-state index contributed by atoms with van der Waals surface area (Å²) in [5, 5.41) is 8.31. The van der Waals surface area contributed by atoms with Crippen LogP contribution in [0.3, 0.4) is 0 Å². The zero-order valence-corrected chi connectivity index (χ0v) is 9.35. The number of carboxylic acid groups (broad SMARTS) is 1. The van der Waals surface area contributed by atoms with E-state index in [0.717, 1.165) is 25.7 Å². The van der Waals surface area contributed by atoms with Crippen LogP contribution in [0.2, 0.25) is 0 Å². The van der Waals surface area contributed by atoms with E-state index in [1.165, 1.54) is 0 Å². The lowest BCUT2D eigenvalue weighted by molar-refractivity contribution is -0.134. The van der Waals surface area contributed by atoms with Crippen LogP contribution < -0.4 is 0 Å². The van der Waals surface area contributed by atoms with Crippen LogP contribution in [0, 0.1) is 0 Å². The molecule has 0 aromatic carbocycles. The summed E-state index contributed by atoms with van der Waals surface area (Å²) in [7, 11) is -3.37. The second-order valence-corrected chi connectivity index (χ2v) is 5.58. The Kier molecular flexibility index (Phi) is 6.53. The highest BCUT2D eigenvalue weighted by molar-refractivity contribution is 7.92. The lowest BCUT2D eigenvalue weighted by Crippen LogP contribution is -2.18. The highest BCUT2D eigenvalue weighted by Gasteiger charge is 2.14. The molecule has 0 radical (unpaired) electrons. The second-order valence-electron chi connectivity index (χ2n) is 3.40. The van der Waals surface area contributed by atoms with Crippen molar-refractivity contribution in [1.82, 2.24) is 0 Å². The molecule has 1 N–H and O–H groups in total. The fraction of sp³-hybridized carbons (Fsp3) is 0.889. The molecule has 0 fully saturated rings. The molecule has 0 aliphatic heterocycles. The van der Waals surface area contributed by atoms with Crippen molar-refractivity contribution in [3.63, 3.8) is 0 Å². The summed E-state index contributed by atoms with van der Waals surface area (Å²) in [5.41, 5.74) is 0. The van der Waals surface area contributed by atoms with Crippen molar-refractivity contribution in [2.75, 3.05) is 11.5 Å². The summed E-state index contributed by atoms with van der Waals surface area (Å²) in [6, 6.07) is 0. The summed E-state index contributed by atoms with van der Waals surface area (Å²) in [6.45, 7) is 2.08. The fourth-order valence-corrected chi connectivity index (χ4v) is 2.35. The Labute approximate surface area is 85.2 Å². The molecular weight excluding hydrogens is 204 g/mol. The summed E-state index contributed by atoms with van der Waals surface area (Å²) in [6.07, 6.45) is 4.70. The predicted molar refractivity (Wildman–Crippen MR) is 55.0 cm³/mol. The van der Waals surface area contributed by atoms with E-state index >= 15 is 0 Å². The molecule has 0 aromatic rings. The Morgan fingerprint density at radius 1 is 1.14 bits per heavy atom. The number of hydrogen-bond donors (Lipinski definition) is 1. The number of carboxylic acids is 1. The molecule has 84 valence electrons. The van der Waals surface area contributed by atoms with E-state index < -0.39 is 21.6 Å². The minimum absolute atomic E-state index is 0.00299. The average molecular weight is 222 g/mol. The topological polar surface area (TPSA) is 71.4 Å². The fourth-order valence-electron chi connectivity index (χ4n) is 1.19. The Morgan fingerprint density at radius 2 is 1.71 bits per heavy atom. The third kappa shape index (κ3) is 8.04. The van der Waals surface area contributed by atoms with Gasteiger partial charge >= 0.3 is 5.97 Å². The standard InChI is InChI=1S/C9H18O4S/c1-2-3-4-5-6-7-14(12,13)8-9(10)11/h2-8H2,1H3,(H,10,11). The third-order valence-corrected chi connectivity index (χ3v) is 3.50. The Balaban J connectivity index is 3.61. The van der Waals surface area contributed by atoms with Crippen LogP contribution in [-0.4, -0.2) is 31.0 Å². The lowest BCUT2D eigenvalue weighted by Gasteiger charge is -2.00. The largest absolute Gasteiger partial charge is 0.480 e. The van der Waals surface area contributed by atoms with Crippen LogP contribution in [0.1, 0.15) is 39.0 Å². The maximum atomic E-state index is 11.1. The van der Waals surface area contributed by atoms with Gasteiger partial charge in [-0.1, -0.05) is 32.6 Å². The molecule has 4 nitrogen and oxygen atoms in total. The van der Waals surface area contributed by atoms with Crippen molar-refractivity contribution in [3.05, 3.63) is 0 Å². The Bertz CT molecular complexity index is 256. The molecule has 0 aromatic heterocycles. The molecule has 5 heteroatoms. The highest BCUT2D eigenvalue weighted by Crippen LogP contribution is 2.04. The van der Waals surface area contributed by atoms with E-state index in [1.54, 1.807) is 0 Å². The number of hydrogen-bond acceptors (Lipinski definition) is 3. The van der Waals surface area contributed by atoms with Gasteiger partial charge in [0.1, 0.15) is 5.75 Å². The smallest absolute Gasteiger partial charge is 0.318 e. The molecular formula is C9H18O4S. The average Bonchev–Trinajstić information content (AvgIpc) is 2.01. The van der Waals surface area contributed by atoms with Gasteiger partial charge in [0.25, 0.3) is 0 Å². The zero-order valence-electron chi connectivity index (χ0n) is 8.53. The number of sulfone groups is 1. The molecule has 0 bridgehead atoms. The monoisotopic (exact) mass is 222 g/mol. The van der Waals surface area contributed by atoms with Gasteiger partial charge in [-0.15, -0.1) is 0 Å². The zero-order chi connectivity index (χ0) is 11.0. The van der Waals surface area contributed by atoms with Gasteiger partial charge in [0.15, 0.2) is 9.84 Å². The first kappa shape index (κ1) is 13.4. The first-order valence-corrected chi connectivity index (χ1v) is 6.72. The van der Waals surface area contributed by atoms with Crippen LogP contribution in [-0.2, 0) is 14.6 Å². The minimum Gasteiger partial charge on any atom is -0.480 e. The number of carbonyl (C=O) groups is 1. The molecule has 0 heterocycles. The van der Waals surface area contributed by atoms with Crippen molar-refractivity contribution in [2.24, 2.45) is 0 Å². The maximum Gasteiger partial charge on any atom is 0.318 e.